The van der Waals surface area contributed by atoms with Crippen LogP contribution in [0.25, 0.3) is 0 Å². The topological polar surface area (TPSA) is 90.3 Å². The average molecular weight is 104 g/mol. The van der Waals surface area contributed by atoms with E-state index in [1.54, 1.807) is 0 Å². The largest absolute Gasteiger partial charge is 0.393 e. The van der Waals surface area contributed by atoms with Crippen molar-refractivity contribution in [2.45, 2.75) is 6.10 Å². The van der Waals surface area contributed by atoms with E-state index in [9.17, 15) is 0 Å². The van der Waals surface area contributed by atoms with E-state index in [1.807, 2.05) is 0 Å². The van der Waals surface area contributed by atoms with Crippen LogP contribution in [-0.2, 0) is 0 Å². The van der Waals surface area contributed by atoms with E-state index in [4.69, 9.17) is 21.4 Å². The highest BCUT2D eigenvalue weighted by Crippen LogP contribution is 1.73. The zero-order valence-electron chi connectivity index (χ0n) is 3.76. The van der Waals surface area contributed by atoms with Crippen LogP contribution in [0.3, 0.4) is 0 Å². The third kappa shape index (κ3) is 2.13. The average Bonchev–Trinajstić information content (AvgIpc) is 1.65. The molecule has 0 aromatic heterocycles. The summed E-state index contributed by atoms with van der Waals surface area (Å²) in [6, 6.07) is 0. The Balaban J connectivity index is 3.34. The van der Waals surface area contributed by atoms with Crippen LogP contribution in [0.15, 0.2) is 0 Å². The maximum Gasteiger partial charge on any atom is 0.133 e. The monoisotopic (exact) mass is 104 g/mol. The van der Waals surface area contributed by atoms with Crippen molar-refractivity contribution in [3.05, 3.63) is 0 Å². The van der Waals surface area contributed by atoms with Crippen LogP contribution in [-0.4, -0.2) is 28.8 Å². The molecule has 1 atom stereocenters. The Hall–Kier alpha value is -0.610. The second kappa shape index (κ2) is 2.54. The molecule has 4 nitrogen and oxygen atoms in total. The standard InChI is InChI=1S/C3H8N2O2/c4-3(5)2(7)1-6/h2,6-7H,1H2,(H3,4,5). The maximum atomic E-state index is 8.34. The number of nitrogens with one attached hydrogen (secondary N) is 1. The molecule has 0 amide bonds. The van der Waals surface area contributed by atoms with E-state index in [0.717, 1.165) is 0 Å². The van der Waals surface area contributed by atoms with Gasteiger partial charge in [0.2, 0.25) is 0 Å². The third-order valence-electron chi connectivity index (χ3n) is 0.532. The van der Waals surface area contributed by atoms with E-state index in [0.29, 0.717) is 0 Å². The number of aliphatic hydroxyl groups is 2. The van der Waals surface area contributed by atoms with Crippen LogP contribution in [0.4, 0.5) is 0 Å². The minimum Gasteiger partial charge on any atom is -0.393 e. The molecule has 0 rings (SSSR count). The predicted octanol–water partition coefficient (Wildman–Crippen LogP) is -1.72. The van der Waals surface area contributed by atoms with Gasteiger partial charge in [-0.25, -0.2) is 0 Å². The van der Waals surface area contributed by atoms with Gasteiger partial charge in [0.25, 0.3) is 0 Å². The van der Waals surface area contributed by atoms with Crippen molar-refractivity contribution in [2.24, 2.45) is 5.73 Å². The molecule has 4 heteroatoms. The van der Waals surface area contributed by atoms with Gasteiger partial charge in [0.05, 0.1) is 6.61 Å². The molecule has 0 spiro atoms. The molecule has 0 fully saturated rings. The number of aliphatic hydroxyl groups excluding tert-OH is 2. The molecule has 0 aromatic rings. The van der Waals surface area contributed by atoms with Gasteiger partial charge in [0.1, 0.15) is 11.9 Å². The maximum absolute atomic E-state index is 8.34. The summed E-state index contributed by atoms with van der Waals surface area (Å²) < 4.78 is 0. The van der Waals surface area contributed by atoms with E-state index >= 15 is 0 Å². The Bertz CT molecular complexity index is 73.3. The van der Waals surface area contributed by atoms with Gasteiger partial charge in [-0.15, -0.1) is 0 Å². The molecule has 1 unspecified atom stereocenters. The van der Waals surface area contributed by atoms with E-state index < -0.39 is 18.5 Å². The molecule has 5 N–H and O–H groups in total. The lowest BCUT2D eigenvalue weighted by Crippen LogP contribution is -2.30. The number of amidine groups is 1. The second-order valence-electron chi connectivity index (χ2n) is 1.15. The molecule has 0 saturated heterocycles. The van der Waals surface area contributed by atoms with E-state index in [-0.39, 0.29) is 0 Å². The summed E-state index contributed by atoms with van der Waals surface area (Å²) in [4.78, 5) is 0. The molecule has 42 valence electrons. The van der Waals surface area contributed by atoms with Crippen molar-refractivity contribution < 1.29 is 10.2 Å². The molecule has 0 aliphatic carbocycles. The third-order valence-corrected chi connectivity index (χ3v) is 0.532. The minimum absolute atomic E-state index is 0.400. The number of hydrogen-bond acceptors (Lipinski definition) is 3. The Labute approximate surface area is 41.1 Å². The van der Waals surface area contributed by atoms with Gasteiger partial charge >= 0.3 is 0 Å². The highest BCUT2D eigenvalue weighted by atomic mass is 16.3. The van der Waals surface area contributed by atoms with Crippen LogP contribution in [0.5, 0.6) is 0 Å². The van der Waals surface area contributed by atoms with Crippen molar-refractivity contribution in [1.82, 2.24) is 0 Å². The molecule has 0 bridgehead atoms. The summed E-state index contributed by atoms with van der Waals surface area (Å²) in [5.74, 6) is -0.400. The molecule has 0 aliphatic rings. The van der Waals surface area contributed by atoms with Gasteiger partial charge < -0.3 is 15.9 Å². The zero-order valence-corrected chi connectivity index (χ0v) is 3.76. The van der Waals surface area contributed by atoms with Crippen molar-refractivity contribution in [1.29, 1.82) is 5.41 Å². The van der Waals surface area contributed by atoms with Gasteiger partial charge in [0, 0.05) is 0 Å². The first-order valence-corrected chi connectivity index (χ1v) is 1.81. The van der Waals surface area contributed by atoms with Crippen LogP contribution in [0.1, 0.15) is 0 Å². The summed E-state index contributed by atoms with van der Waals surface area (Å²) in [7, 11) is 0. The van der Waals surface area contributed by atoms with Gasteiger partial charge in [-0.3, -0.25) is 5.41 Å². The van der Waals surface area contributed by atoms with Gasteiger partial charge in [-0.2, -0.15) is 0 Å². The molecular weight excluding hydrogens is 96.0 g/mol. The van der Waals surface area contributed by atoms with Crippen molar-refractivity contribution in [2.75, 3.05) is 6.61 Å². The SMILES string of the molecule is N=C(N)C(O)CO. The lowest BCUT2D eigenvalue weighted by molar-refractivity contribution is 0.143. The quantitative estimate of drug-likeness (QED) is 0.248. The van der Waals surface area contributed by atoms with Crippen LogP contribution >= 0.6 is 0 Å². The predicted molar refractivity (Wildman–Crippen MR) is 25.0 cm³/mol. The normalized spacial score (nSPS) is 13.4. The highest BCUT2D eigenvalue weighted by Gasteiger charge is 2.01. The Morgan fingerprint density at radius 3 is 2.29 bits per heavy atom. The first kappa shape index (κ1) is 6.39. The van der Waals surface area contributed by atoms with E-state index in [1.165, 1.54) is 0 Å². The second-order valence-corrected chi connectivity index (χ2v) is 1.15. The smallest absolute Gasteiger partial charge is 0.133 e. The van der Waals surface area contributed by atoms with Crippen LogP contribution in [0, 0.1) is 5.41 Å². The fourth-order valence-electron chi connectivity index (χ4n) is 0.0983. The highest BCUT2D eigenvalue weighted by molar-refractivity contribution is 5.81. The molecule has 0 saturated carbocycles. The lowest BCUT2D eigenvalue weighted by Gasteiger charge is -2.00. The van der Waals surface area contributed by atoms with Gasteiger partial charge in [-0.05, 0) is 0 Å². The fraction of sp³-hybridized carbons (Fsp3) is 0.667. The summed E-state index contributed by atoms with van der Waals surface area (Å²) >= 11 is 0. The van der Waals surface area contributed by atoms with Crippen molar-refractivity contribution >= 4 is 5.84 Å². The van der Waals surface area contributed by atoms with Crippen molar-refractivity contribution in [3.8, 4) is 0 Å². The first-order valence-electron chi connectivity index (χ1n) is 1.81. The summed E-state index contributed by atoms with van der Waals surface area (Å²) in [5.41, 5.74) is 4.72. The fourth-order valence-corrected chi connectivity index (χ4v) is 0.0983. The van der Waals surface area contributed by atoms with Crippen LogP contribution < -0.4 is 5.73 Å². The minimum atomic E-state index is -1.18. The zero-order chi connectivity index (χ0) is 5.86. The number of nitrogens with two attached hydrogens (primary N) is 1. The van der Waals surface area contributed by atoms with Crippen LogP contribution in [0.2, 0.25) is 0 Å². The lowest BCUT2D eigenvalue weighted by atomic mass is 10.4. The molecule has 0 heterocycles. The molecule has 0 aromatic carbocycles. The molecule has 0 radical (unpaired) electrons. The summed E-state index contributed by atoms with van der Waals surface area (Å²) in [5, 5.41) is 22.8. The molecular formula is C3H8N2O2. The van der Waals surface area contributed by atoms with Gasteiger partial charge in [0.15, 0.2) is 0 Å². The number of hydrogen-bond donors (Lipinski definition) is 4. The number of rotatable bonds is 2. The summed E-state index contributed by atoms with van der Waals surface area (Å²) in [6.45, 7) is -0.477. The summed E-state index contributed by atoms with van der Waals surface area (Å²) in [6.07, 6.45) is -1.18. The Morgan fingerprint density at radius 2 is 2.29 bits per heavy atom. The van der Waals surface area contributed by atoms with Gasteiger partial charge in [-0.1, -0.05) is 0 Å². The Kier molecular flexibility index (Phi) is 2.32. The van der Waals surface area contributed by atoms with E-state index in [2.05, 4.69) is 0 Å². The molecule has 7 heavy (non-hydrogen) atoms. The van der Waals surface area contributed by atoms with Crippen molar-refractivity contribution in [3.63, 3.8) is 0 Å². The Morgan fingerprint density at radius 1 is 1.86 bits per heavy atom. The molecule has 0 aliphatic heterocycles. The first-order chi connectivity index (χ1) is 3.18.